The van der Waals surface area contributed by atoms with E-state index in [1.165, 1.54) is 4.80 Å². The van der Waals surface area contributed by atoms with E-state index in [-0.39, 0.29) is 5.92 Å². The van der Waals surface area contributed by atoms with Crippen LogP contribution >= 0.6 is 0 Å². The molecule has 0 bridgehead atoms. The molecule has 0 saturated heterocycles. The number of fused-ring (bicyclic) bond motifs is 1. The number of aryl methyl sites for hydroxylation is 1. The summed E-state index contributed by atoms with van der Waals surface area (Å²) >= 11 is 0. The molecule has 2 N–H and O–H groups in total. The van der Waals surface area contributed by atoms with Gasteiger partial charge in [-0.15, -0.1) is 0 Å². The highest BCUT2D eigenvalue weighted by Crippen LogP contribution is 2.41. The molecule has 0 saturated carbocycles. The zero-order valence-electron chi connectivity index (χ0n) is 17.1. The van der Waals surface area contributed by atoms with E-state index in [0.29, 0.717) is 23.8 Å². The standard InChI is InChI=1S/C22H22N8/c1-14-13-29(18-7-4-16(11-23)5-8-18)21-10-17(19-12-26-28(3)27-19)6-9-20(21)30(15(2)24)22(14)25/h4-10,12,14,24-25H,13H2,1-3H3. The van der Waals surface area contributed by atoms with Gasteiger partial charge in [-0.1, -0.05) is 13.0 Å². The first-order valence-corrected chi connectivity index (χ1v) is 9.61. The zero-order valence-corrected chi connectivity index (χ0v) is 17.1. The van der Waals surface area contributed by atoms with Gasteiger partial charge in [0.15, 0.2) is 0 Å². The smallest absolute Gasteiger partial charge is 0.113 e. The number of amidine groups is 2. The lowest BCUT2D eigenvalue weighted by Crippen LogP contribution is -2.38. The highest BCUT2D eigenvalue weighted by atomic mass is 15.4. The van der Waals surface area contributed by atoms with Gasteiger partial charge < -0.3 is 4.90 Å². The summed E-state index contributed by atoms with van der Waals surface area (Å²) < 4.78 is 0. The molecule has 8 nitrogen and oxygen atoms in total. The monoisotopic (exact) mass is 398 g/mol. The third-order valence-corrected chi connectivity index (χ3v) is 5.21. The molecule has 8 heteroatoms. The quantitative estimate of drug-likeness (QED) is 0.502. The van der Waals surface area contributed by atoms with Gasteiger partial charge in [-0.25, -0.2) is 0 Å². The van der Waals surface area contributed by atoms with Crippen LogP contribution in [0.2, 0.25) is 0 Å². The maximum Gasteiger partial charge on any atom is 0.113 e. The Morgan fingerprint density at radius 2 is 1.90 bits per heavy atom. The van der Waals surface area contributed by atoms with E-state index in [0.717, 1.165) is 28.3 Å². The Morgan fingerprint density at radius 3 is 2.50 bits per heavy atom. The fourth-order valence-electron chi connectivity index (χ4n) is 3.70. The van der Waals surface area contributed by atoms with Crippen LogP contribution in [0.1, 0.15) is 19.4 Å². The van der Waals surface area contributed by atoms with E-state index in [2.05, 4.69) is 21.2 Å². The Labute approximate surface area is 175 Å². The fraction of sp³-hybridized carbons (Fsp3) is 0.227. The largest absolute Gasteiger partial charge is 0.339 e. The lowest BCUT2D eigenvalue weighted by Gasteiger charge is -2.27. The number of nitrogens with zero attached hydrogens (tertiary/aromatic N) is 6. The maximum atomic E-state index is 9.14. The first-order valence-electron chi connectivity index (χ1n) is 9.61. The van der Waals surface area contributed by atoms with Crippen molar-refractivity contribution in [2.75, 3.05) is 16.3 Å². The molecule has 0 spiro atoms. The number of nitrogens with one attached hydrogen (secondary N) is 2. The molecule has 1 aromatic heterocycles. The van der Waals surface area contributed by atoms with Crippen LogP contribution in [0, 0.1) is 28.1 Å². The molecule has 1 unspecified atom stereocenters. The third-order valence-electron chi connectivity index (χ3n) is 5.21. The van der Waals surface area contributed by atoms with Crippen LogP contribution in [-0.4, -0.2) is 33.2 Å². The second kappa shape index (κ2) is 7.44. The first kappa shape index (κ1) is 19.3. The van der Waals surface area contributed by atoms with Crippen molar-refractivity contribution in [2.45, 2.75) is 13.8 Å². The fourth-order valence-corrected chi connectivity index (χ4v) is 3.70. The van der Waals surface area contributed by atoms with Crippen molar-refractivity contribution in [3.63, 3.8) is 0 Å². The van der Waals surface area contributed by atoms with Crippen LogP contribution in [0.4, 0.5) is 17.1 Å². The number of rotatable bonds is 2. The van der Waals surface area contributed by atoms with Crippen molar-refractivity contribution in [1.29, 1.82) is 16.1 Å². The van der Waals surface area contributed by atoms with Gasteiger partial charge in [-0.3, -0.25) is 15.7 Å². The van der Waals surface area contributed by atoms with E-state index < -0.39 is 0 Å². The van der Waals surface area contributed by atoms with E-state index >= 15 is 0 Å². The van der Waals surface area contributed by atoms with Crippen molar-refractivity contribution >= 4 is 28.7 Å². The molecule has 3 aromatic rings. The molecule has 2 heterocycles. The molecule has 30 heavy (non-hydrogen) atoms. The molecule has 1 aliphatic heterocycles. The average Bonchev–Trinajstić information content (AvgIpc) is 3.14. The number of nitriles is 1. The zero-order chi connectivity index (χ0) is 21.4. The molecule has 2 aromatic carbocycles. The predicted octanol–water partition coefficient (Wildman–Crippen LogP) is 3.92. The summed E-state index contributed by atoms with van der Waals surface area (Å²) in [4.78, 5) is 5.34. The lowest BCUT2D eigenvalue weighted by atomic mass is 10.1. The summed E-state index contributed by atoms with van der Waals surface area (Å²) in [6.07, 6.45) is 1.72. The molecule has 0 fully saturated rings. The number of benzene rings is 2. The van der Waals surface area contributed by atoms with Crippen molar-refractivity contribution < 1.29 is 0 Å². The minimum atomic E-state index is -0.103. The number of aromatic nitrogens is 3. The van der Waals surface area contributed by atoms with Gasteiger partial charge in [0.1, 0.15) is 17.4 Å². The molecule has 1 aliphatic rings. The summed E-state index contributed by atoms with van der Waals surface area (Å²) in [6.45, 7) is 4.26. The number of hydrogen-bond acceptors (Lipinski definition) is 6. The van der Waals surface area contributed by atoms with Crippen LogP contribution in [0.5, 0.6) is 0 Å². The van der Waals surface area contributed by atoms with E-state index in [4.69, 9.17) is 16.1 Å². The molecule has 4 rings (SSSR count). The number of anilines is 3. The minimum absolute atomic E-state index is 0.103. The van der Waals surface area contributed by atoms with Gasteiger partial charge in [0.2, 0.25) is 0 Å². The highest BCUT2D eigenvalue weighted by Gasteiger charge is 2.31. The van der Waals surface area contributed by atoms with Crippen LogP contribution in [-0.2, 0) is 7.05 Å². The average molecular weight is 398 g/mol. The van der Waals surface area contributed by atoms with E-state index in [1.54, 1.807) is 37.2 Å². The maximum absolute atomic E-state index is 9.14. The molecule has 0 aliphatic carbocycles. The number of hydrogen-bond donors (Lipinski definition) is 2. The lowest BCUT2D eigenvalue weighted by molar-refractivity contribution is 0.655. The van der Waals surface area contributed by atoms with Crippen molar-refractivity contribution in [3.05, 3.63) is 54.2 Å². The van der Waals surface area contributed by atoms with Gasteiger partial charge in [0, 0.05) is 30.8 Å². The third kappa shape index (κ3) is 3.31. The van der Waals surface area contributed by atoms with Crippen molar-refractivity contribution in [2.24, 2.45) is 13.0 Å². The van der Waals surface area contributed by atoms with Gasteiger partial charge in [0.05, 0.1) is 29.2 Å². The van der Waals surface area contributed by atoms with Crippen LogP contribution < -0.4 is 9.80 Å². The Kier molecular flexibility index (Phi) is 4.80. The summed E-state index contributed by atoms with van der Waals surface area (Å²) in [7, 11) is 1.78. The molecular weight excluding hydrogens is 376 g/mol. The van der Waals surface area contributed by atoms with E-state index in [1.807, 2.05) is 37.3 Å². The normalized spacial score (nSPS) is 16.1. The van der Waals surface area contributed by atoms with Crippen LogP contribution in [0.25, 0.3) is 11.3 Å². The second-order valence-electron chi connectivity index (χ2n) is 7.40. The van der Waals surface area contributed by atoms with Crippen molar-refractivity contribution in [3.8, 4) is 17.3 Å². The molecule has 0 radical (unpaired) electrons. The predicted molar refractivity (Wildman–Crippen MR) is 117 cm³/mol. The summed E-state index contributed by atoms with van der Waals surface area (Å²) in [5, 5.41) is 34.7. The topological polar surface area (TPSA) is 109 Å². The molecule has 0 amide bonds. The summed E-state index contributed by atoms with van der Waals surface area (Å²) in [5.74, 6) is 0.572. The summed E-state index contributed by atoms with van der Waals surface area (Å²) in [5.41, 5.74) is 4.84. The molecular formula is C22H22N8. The Bertz CT molecular complexity index is 1170. The van der Waals surface area contributed by atoms with Gasteiger partial charge in [0.25, 0.3) is 0 Å². The summed E-state index contributed by atoms with van der Waals surface area (Å²) in [6, 6.07) is 15.5. The Morgan fingerprint density at radius 1 is 1.17 bits per heavy atom. The molecule has 150 valence electrons. The SMILES string of the molecule is CC(=N)N1C(=N)C(C)CN(c2ccc(C#N)cc2)c2cc(-c3cnn(C)n3)ccc21. The minimum Gasteiger partial charge on any atom is -0.339 e. The van der Waals surface area contributed by atoms with Crippen LogP contribution in [0.15, 0.2) is 48.7 Å². The van der Waals surface area contributed by atoms with Crippen LogP contribution in [0.3, 0.4) is 0 Å². The van der Waals surface area contributed by atoms with Gasteiger partial charge >= 0.3 is 0 Å². The van der Waals surface area contributed by atoms with Gasteiger partial charge in [-0.05, 0) is 43.3 Å². The molecule has 1 atom stereocenters. The second-order valence-corrected chi connectivity index (χ2v) is 7.40. The van der Waals surface area contributed by atoms with Gasteiger partial charge in [-0.2, -0.15) is 20.3 Å². The Balaban J connectivity index is 1.92. The first-order chi connectivity index (χ1) is 14.4. The van der Waals surface area contributed by atoms with E-state index in [9.17, 15) is 0 Å². The Hall–Kier alpha value is -3.99. The van der Waals surface area contributed by atoms with Crippen molar-refractivity contribution in [1.82, 2.24) is 15.0 Å². The highest BCUT2D eigenvalue weighted by molar-refractivity contribution is 6.19.